The Morgan fingerprint density at radius 1 is 1.14 bits per heavy atom. The van der Waals surface area contributed by atoms with Gasteiger partial charge in [-0.1, -0.05) is 33.6 Å². The number of phenols is 1. The number of hydrogen-bond acceptors (Lipinski definition) is 9. The smallest absolute Gasteiger partial charge is 0.245 e. The van der Waals surface area contributed by atoms with E-state index in [9.17, 15) is 5.11 Å². The fourth-order valence-corrected chi connectivity index (χ4v) is 4.01. The maximum atomic E-state index is 10.5. The molecule has 4 rings (SSSR count). The number of benzene rings is 2. The highest BCUT2D eigenvalue weighted by molar-refractivity contribution is 9.11. The second-order valence-electron chi connectivity index (χ2n) is 5.73. The fourth-order valence-electron chi connectivity index (χ4n) is 2.60. The van der Waals surface area contributed by atoms with E-state index >= 15 is 0 Å². The molecule has 0 atom stereocenters. The average Bonchev–Trinajstić information content (AvgIpc) is 3.13. The normalized spacial score (nSPS) is 11.8. The first kappa shape index (κ1) is 19.6. The van der Waals surface area contributed by atoms with Crippen LogP contribution in [0.4, 0.5) is 11.5 Å². The minimum atomic E-state index is -0.0636. The van der Waals surface area contributed by atoms with Crippen molar-refractivity contribution in [3.63, 3.8) is 0 Å². The predicted octanol–water partition coefficient (Wildman–Crippen LogP) is 4.35. The zero-order valence-corrected chi connectivity index (χ0v) is 18.2. The summed E-state index contributed by atoms with van der Waals surface area (Å²) in [5.74, 6) is 5.89. The highest BCUT2D eigenvalue weighted by Crippen LogP contribution is 2.34. The lowest BCUT2D eigenvalue weighted by molar-refractivity contribution is 0.314. The molecule has 0 unspecified atom stereocenters. The van der Waals surface area contributed by atoms with Crippen LogP contribution in [0.15, 0.2) is 55.1 Å². The van der Waals surface area contributed by atoms with E-state index in [2.05, 4.69) is 62.6 Å². The first-order chi connectivity index (χ1) is 14.0. The molecule has 0 aliphatic carbocycles. The summed E-state index contributed by atoms with van der Waals surface area (Å²) >= 11 is 12.8. The van der Waals surface area contributed by atoms with E-state index in [1.54, 1.807) is 36.4 Å². The maximum absolute atomic E-state index is 10.5. The third-order valence-corrected chi connectivity index (χ3v) is 5.14. The molecule has 12 heteroatoms. The molecule has 29 heavy (non-hydrogen) atoms. The van der Waals surface area contributed by atoms with Crippen LogP contribution in [-0.4, -0.2) is 31.1 Å². The van der Waals surface area contributed by atoms with Gasteiger partial charge >= 0.3 is 0 Å². The van der Waals surface area contributed by atoms with Crippen LogP contribution in [-0.2, 0) is 0 Å². The number of aromatic hydroxyl groups is 1. The Morgan fingerprint density at radius 3 is 2.62 bits per heavy atom. The van der Waals surface area contributed by atoms with E-state index in [0.717, 1.165) is 0 Å². The summed E-state index contributed by atoms with van der Waals surface area (Å²) in [5.41, 5.74) is 1.73. The summed E-state index contributed by atoms with van der Waals surface area (Å²) in [6.45, 7) is 0. The van der Waals surface area contributed by atoms with E-state index in [1.165, 1.54) is 0 Å². The van der Waals surface area contributed by atoms with Crippen molar-refractivity contribution in [2.45, 2.75) is 0 Å². The summed E-state index contributed by atoms with van der Waals surface area (Å²) in [5, 5.41) is 25.5. The summed E-state index contributed by atoms with van der Waals surface area (Å²) < 4.78 is 5.86. The Bertz CT molecular complexity index is 1260. The lowest BCUT2D eigenvalue weighted by Gasteiger charge is -2.13. The van der Waals surface area contributed by atoms with Gasteiger partial charge in [0.25, 0.3) is 0 Å². The van der Waals surface area contributed by atoms with E-state index in [4.69, 9.17) is 22.1 Å². The van der Waals surface area contributed by atoms with Gasteiger partial charge in [0.2, 0.25) is 11.3 Å². The quantitative estimate of drug-likeness (QED) is 0.198. The number of rotatable bonds is 4. The van der Waals surface area contributed by atoms with E-state index in [0.29, 0.717) is 25.2 Å². The van der Waals surface area contributed by atoms with Gasteiger partial charge in [0, 0.05) is 20.7 Å². The number of halogens is 3. The maximum Gasteiger partial charge on any atom is 0.245 e. The third-order valence-electron chi connectivity index (χ3n) is 3.84. The summed E-state index contributed by atoms with van der Waals surface area (Å²) in [6.07, 6.45) is 0. The number of hydrazone groups is 1. The number of nitrogens with one attached hydrogen (secondary N) is 1. The largest absolute Gasteiger partial charge is 0.506 e. The molecule has 0 radical (unpaired) electrons. The SMILES string of the molecule is NN=C(c1cc(Br)cc(Br)c1O)c1nc2nonc2nc1Nc1cccc(Cl)c1. The van der Waals surface area contributed by atoms with Crippen molar-refractivity contribution < 1.29 is 9.74 Å². The predicted molar refractivity (Wildman–Crippen MR) is 115 cm³/mol. The Balaban J connectivity index is 1.91. The van der Waals surface area contributed by atoms with Crippen molar-refractivity contribution in [2.24, 2.45) is 10.9 Å². The minimum absolute atomic E-state index is 0.0636. The van der Waals surface area contributed by atoms with Crippen molar-refractivity contribution >= 4 is 72.0 Å². The van der Waals surface area contributed by atoms with Crippen LogP contribution in [0.1, 0.15) is 11.3 Å². The number of aromatic nitrogens is 4. The van der Waals surface area contributed by atoms with Gasteiger partial charge in [-0.3, -0.25) is 0 Å². The molecule has 0 saturated carbocycles. The van der Waals surface area contributed by atoms with Crippen molar-refractivity contribution in [3.05, 3.63) is 61.6 Å². The number of nitrogens with zero attached hydrogens (tertiary/aromatic N) is 5. The Hall–Kier alpha value is -2.76. The first-order valence-electron chi connectivity index (χ1n) is 7.96. The number of phenolic OH excluding ortho intramolecular Hbond substituents is 1. The average molecular weight is 540 g/mol. The molecule has 0 amide bonds. The van der Waals surface area contributed by atoms with E-state index in [-0.39, 0.29) is 34.3 Å². The van der Waals surface area contributed by atoms with Crippen molar-refractivity contribution in [1.29, 1.82) is 0 Å². The molecule has 4 N–H and O–H groups in total. The minimum Gasteiger partial charge on any atom is -0.506 e. The van der Waals surface area contributed by atoms with Crippen LogP contribution in [0.2, 0.25) is 5.02 Å². The molecule has 2 heterocycles. The van der Waals surface area contributed by atoms with Crippen LogP contribution >= 0.6 is 43.5 Å². The molecule has 146 valence electrons. The zero-order chi connectivity index (χ0) is 20.5. The molecule has 4 aromatic rings. The molecular formula is C17H10Br2ClN7O2. The van der Waals surface area contributed by atoms with Crippen LogP contribution in [0.25, 0.3) is 11.3 Å². The summed E-state index contributed by atoms with van der Waals surface area (Å²) in [7, 11) is 0. The molecule has 2 aromatic heterocycles. The zero-order valence-electron chi connectivity index (χ0n) is 14.3. The lowest BCUT2D eigenvalue weighted by Crippen LogP contribution is -2.14. The molecule has 0 bridgehead atoms. The molecule has 0 aliphatic heterocycles. The second kappa shape index (κ2) is 7.93. The van der Waals surface area contributed by atoms with Crippen LogP contribution in [0.5, 0.6) is 5.75 Å². The standard InChI is InChI=1S/C17H10Br2ClN7O2/c18-7-4-10(14(28)11(19)5-7)12(25-21)13-15(22-9-3-1-2-8(20)6-9)24-17-16(23-13)26-29-27-17/h1-6,28H,21H2,(H,22,24,27). The van der Waals surface area contributed by atoms with Crippen LogP contribution in [0, 0.1) is 0 Å². The van der Waals surface area contributed by atoms with Gasteiger partial charge in [0.1, 0.15) is 17.2 Å². The number of hydrogen-bond donors (Lipinski definition) is 3. The molecule has 9 nitrogen and oxygen atoms in total. The number of nitrogens with two attached hydrogens (primary N) is 1. The molecule has 0 saturated heterocycles. The monoisotopic (exact) mass is 537 g/mol. The van der Waals surface area contributed by atoms with Gasteiger partial charge in [-0.25, -0.2) is 14.6 Å². The van der Waals surface area contributed by atoms with Gasteiger partial charge < -0.3 is 16.3 Å². The number of anilines is 2. The molecule has 0 spiro atoms. The third kappa shape index (κ3) is 3.88. The first-order valence-corrected chi connectivity index (χ1v) is 9.92. The van der Waals surface area contributed by atoms with Crippen molar-refractivity contribution in [3.8, 4) is 5.75 Å². The summed E-state index contributed by atoms with van der Waals surface area (Å²) in [4.78, 5) is 8.83. The van der Waals surface area contributed by atoms with Crippen molar-refractivity contribution in [1.82, 2.24) is 20.3 Å². The van der Waals surface area contributed by atoms with Crippen LogP contribution < -0.4 is 11.2 Å². The molecular weight excluding hydrogens is 529 g/mol. The van der Waals surface area contributed by atoms with Gasteiger partial charge in [-0.2, -0.15) is 5.10 Å². The van der Waals surface area contributed by atoms with E-state index in [1.807, 2.05) is 0 Å². The Labute approximate surface area is 185 Å². The van der Waals surface area contributed by atoms with Crippen LogP contribution in [0.3, 0.4) is 0 Å². The highest BCUT2D eigenvalue weighted by Gasteiger charge is 2.23. The molecule has 0 aliphatic rings. The Kier molecular flexibility index (Phi) is 5.35. The fraction of sp³-hybridized carbons (Fsp3) is 0. The topological polar surface area (TPSA) is 135 Å². The van der Waals surface area contributed by atoms with Gasteiger partial charge in [0.15, 0.2) is 5.82 Å². The number of fused-ring (bicyclic) bond motifs is 1. The van der Waals surface area contributed by atoms with Gasteiger partial charge in [-0.05, 0) is 56.6 Å². The highest BCUT2D eigenvalue weighted by atomic mass is 79.9. The van der Waals surface area contributed by atoms with Gasteiger partial charge in [-0.15, -0.1) is 0 Å². The van der Waals surface area contributed by atoms with Crippen molar-refractivity contribution in [2.75, 3.05) is 5.32 Å². The summed E-state index contributed by atoms with van der Waals surface area (Å²) in [6, 6.07) is 10.4. The molecule has 2 aromatic carbocycles. The van der Waals surface area contributed by atoms with Gasteiger partial charge in [0.05, 0.1) is 4.47 Å². The molecule has 0 fully saturated rings. The lowest BCUT2D eigenvalue weighted by atomic mass is 10.1. The second-order valence-corrected chi connectivity index (χ2v) is 7.94. The Morgan fingerprint density at radius 2 is 1.90 bits per heavy atom. The van der Waals surface area contributed by atoms with E-state index < -0.39 is 0 Å².